The van der Waals surface area contributed by atoms with Gasteiger partial charge in [-0.15, -0.1) is 0 Å². The second-order valence-electron chi connectivity index (χ2n) is 5.90. The fourth-order valence-corrected chi connectivity index (χ4v) is 3.73. The topological polar surface area (TPSA) is 54.6 Å². The van der Waals surface area contributed by atoms with Crippen LogP contribution in [0.3, 0.4) is 0 Å². The number of H-pyrrole nitrogens is 1. The number of nitrogens with one attached hydrogen (secondary N) is 1. The molecule has 2 saturated heterocycles. The molecule has 1 aromatic carbocycles. The molecule has 3 heterocycles. The van der Waals surface area contributed by atoms with Gasteiger partial charge in [-0.2, -0.15) is 0 Å². The first kappa shape index (κ1) is 15.3. The first-order chi connectivity index (χ1) is 11.1. The van der Waals surface area contributed by atoms with Gasteiger partial charge in [0.25, 0.3) is 5.91 Å². The van der Waals surface area contributed by atoms with Gasteiger partial charge in [0.1, 0.15) is 5.69 Å². The second-order valence-corrected chi connectivity index (χ2v) is 6.72. The predicted octanol–water partition coefficient (Wildman–Crippen LogP) is 3.45. The molecule has 122 valence electrons. The Balaban J connectivity index is 1.56. The lowest BCUT2D eigenvalue weighted by Gasteiger charge is -2.37. The summed E-state index contributed by atoms with van der Waals surface area (Å²) in [6.45, 7) is 2.43. The van der Waals surface area contributed by atoms with Crippen LogP contribution in [-0.2, 0) is 9.47 Å². The third kappa shape index (κ3) is 2.62. The van der Waals surface area contributed by atoms with E-state index in [4.69, 9.17) is 32.7 Å². The summed E-state index contributed by atoms with van der Waals surface area (Å²) >= 11 is 12.4. The maximum Gasteiger partial charge on any atom is 0.271 e. The van der Waals surface area contributed by atoms with Crippen LogP contribution in [0.5, 0.6) is 0 Å². The number of piperidine rings is 1. The largest absolute Gasteiger partial charge is 0.349 e. The lowest BCUT2D eigenvalue weighted by molar-refractivity contribution is -0.181. The van der Waals surface area contributed by atoms with Gasteiger partial charge < -0.3 is 19.4 Å². The molecule has 0 saturated carbocycles. The van der Waals surface area contributed by atoms with Gasteiger partial charge in [-0.3, -0.25) is 4.79 Å². The van der Waals surface area contributed by atoms with Crippen molar-refractivity contribution in [1.82, 2.24) is 9.88 Å². The highest BCUT2D eigenvalue weighted by Crippen LogP contribution is 2.34. The summed E-state index contributed by atoms with van der Waals surface area (Å²) in [5, 5.41) is 1.77. The summed E-state index contributed by atoms with van der Waals surface area (Å²) in [5.74, 6) is -0.593. The van der Waals surface area contributed by atoms with E-state index in [1.165, 1.54) is 0 Å². The Bertz CT molecular complexity index is 758. The highest BCUT2D eigenvalue weighted by Gasteiger charge is 2.41. The SMILES string of the molecule is O=C(c1[nH]c2ccc(Cl)cc2c1Cl)N1CCC2(CC1)OCCO2. The summed E-state index contributed by atoms with van der Waals surface area (Å²) in [6.07, 6.45) is 1.37. The van der Waals surface area contributed by atoms with Crippen LogP contribution in [0.15, 0.2) is 18.2 Å². The number of carbonyl (C=O) groups excluding carboxylic acids is 1. The van der Waals surface area contributed by atoms with Gasteiger partial charge in [-0.05, 0) is 18.2 Å². The molecular formula is C16H16Cl2N2O3. The quantitative estimate of drug-likeness (QED) is 0.853. The fourth-order valence-electron chi connectivity index (χ4n) is 3.27. The fraction of sp³-hybridized carbons (Fsp3) is 0.438. The molecule has 7 heteroatoms. The van der Waals surface area contributed by atoms with Crippen molar-refractivity contribution in [3.05, 3.63) is 33.9 Å². The van der Waals surface area contributed by atoms with Gasteiger partial charge in [-0.1, -0.05) is 23.2 Å². The number of rotatable bonds is 1. The van der Waals surface area contributed by atoms with Gasteiger partial charge in [0, 0.05) is 41.9 Å². The molecule has 1 N–H and O–H groups in total. The summed E-state index contributed by atoms with van der Waals surface area (Å²) < 4.78 is 11.4. The first-order valence-corrected chi connectivity index (χ1v) is 8.37. The summed E-state index contributed by atoms with van der Waals surface area (Å²) in [7, 11) is 0. The number of nitrogens with zero attached hydrogens (tertiary/aromatic N) is 1. The van der Waals surface area contributed by atoms with Crippen molar-refractivity contribution in [2.45, 2.75) is 18.6 Å². The zero-order valence-corrected chi connectivity index (χ0v) is 13.9. The van der Waals surface area contributed by atoms with Crippen molar-refractivity contribution in [3.8, 4) is 0 Å². The number of ether oxygens (including phenoxy) is 2. The number of halogens is 2. The molecular weight excluding hydrogens is 339 g/mol. The van der Waals surface area contributed by atoms with Crippen LogP contribution in [0.2, 0.25) is 10.0 Å². The molecule has 0 atom stereocenters. The minimum Gasteiger partial charge on any atom is -0.349 e. The number of benzene rings is 1. The van der Waals surface area contributed by atoms with Crippen LogP contribution in [0, 0.1) is 0 Å². The number of fused-ring (bicyclic) bond motifs is 1. The van der Waals surface area contributed by atoms with Crippen molar-refractivity contribution in [2.24, 2.45) is 0 Å². The Morgan fingerprint density at radius 2 is 1.87 bits per heavy atom. The van der Waals surface area contributed by atoms with Crippen LogP contribution < -0.4 is 0 Å². The molecule has 1 amide bonds. The molecule has 0 aliphatic carbocycles. The summed E-state index contributed by atoms with van der Waals surface area (Å²) in [5.41, 5.74) is 1.21. The van der Waals surface area contributed by atoms with Crippen LogP contribution in [0.1, 0.15) is 23.3 Å². The van der Waals surface area contributed by atoms with Crippen molar-refractivity contribution < 1.29 is 14.3 Å². The summed E-state index contributed by atoms with van der Waals surface area (Å²) in [6, 6.07) is 5.36. The van der Waals surface area contributed by atoms with E-state index in [2.05, 4.69) is 4.98 Å². The molecule has 1 aromatic heterocycles. The standard InChI is InChI=1S/C16H16Cl2N2O3/c17-10-1-2-12-11(9-10)13(18)14(19-12)15(21)20-5-3-16(4-6-20)22-7-8-23-16/h1-2,9,19H,3-8H2. The highest BCUT2D eigenvalue weighted by molar-refractivity contribution is 6.39. The van der Waals surface area contributed by atoms with Gasteiger partial charge >= 0.3 is 0 Å². The number of amides is 1. The number of hydrogen-bond donors (Lipinski definition) is 1. The minimum atomic E-state index is -0.492. The van der Waals surface area contributed by atoms with Crippen LogP contribution >= 0.6 is 23.2 Å². The van der Waals surface area contributed by atoms with Crippen molar-refractivity contribution in [2.75, 3.05) is 26.3 Å². The van der Waals surface area contributed by atoms with Crippen molar-refractivity contribution in [3.63, 3.8) is 0 Å². The van der Waals surface area contributed by atoms with E-state index < -0.39 is 5.79 Å². The van der Waals surface area contributed by atoms with Crippen LogP contribution in [-0.4, -0.2) is 47.9 Å². The molecule has 2 aromatic rings. The van der Waals surface area contributed by atoms with Gasteiger partial charge in [0.15, 0.2) is 5.79 Å². The molecule has 2 aliphatic heterocycles. The molecule has 0 bridgehead atoms. The first-order valence-electron chi connectivity index (χ1n) is 7.62. The maximum absolute atomic E-state index is 12.8. The lowest BCUT2D eigenvalue weighted by atomic mass is 10.0. The maximum atomic E-state index is 12.8. The number of likely N-dealkylation sites (tertiary alicyclic amines) is 1. The van der Waals surface area contributed by atoms with Gasteiger partial charge in [-0.25, -0.2) is 0 Å². The molecule has 0 unspecified atom stereocenters. The Hall–Kier alpha value is -1.27. The van der Waals surface area contributed by atoms with Crippen molar-refractivity contribution >= 4 is 40.0 Å². The minimum absolute atomic E-state index is 0.102. The summed E-state index contributed by atoms with van der Waals surface area (Å²) in [4.78, 5) is 17.7. The predicted molar refractivity (Wildman–Crippen MR) is 88.1 cm³/mol. The van der Waals surface area contributed by atoms with E-state index in [-0.39, 0.29) is 5.91 Å². The van der Waals surface area contributed by atoms with E-state index in [1.807, 2.05) is 6.07 Å². The zero-order valence-electron chi connectivity index (χ0n) is 12.4. The molecule has 1 spiro atoms. The Kier molecular flexibility index (Phi) is 3.76. The Morgan fingerprint density at radius 3 is 2.57 bits per heavy atom. The number of hydrogen-bond acceptors (Lipinski definition) is 3. The highest BCUT2D eigenvalue weighted by atomic mass is 35.5. The Morgan fingerprint density at radius 1 is 1.17 bits per heavy atom. The third-order valence-electron chi connectivity index (χ3n) is 4.54. The smallest absolute Gasteiger partial charge is 0.271 e. The number of aromatic nitrogens is 1. The van der Waals surface area contributed by atoms with E-state index in [0.29, 0.717) is 54.9 Å². The molecule has 2 aliphatic rings. The monoisotopic (exact) mass is 354 g/mol. The number of carbonyl (C=O) groups is 1. The Labute approximate surface area is 143 Å². The zero-order chi connectivity index (χ0) is 16.0. The van der Waals surface area contributed by atoms with Crippen LogP contribution in [0.25, 0.3) is 10.9 Å². The van der Waals surface area contributed by atoms with Crippen LogP contribution in [0.4, 0.5) is 0 Å². The van der Waals surface area contributed by atoms with E-state index in [1.54, 1.807) is 17.0 Å². The van der Waals surface area contributed by atoms with Gasteiger partial charge in [0.05, 0.1) is 18.2 Å². The van der Waals surface area contributed by atoms with Gasteiger partial charge in [0.2, 0.25) is 0 Å². The average Bonchev–Trinajstić information content (AvgIpc) is 3.13. The third-order valence-corrected chi connectivity index (χ3v) is 5.16. The second kappa shape index (κ2) is 5.67. The average molecular weight is 355 g/mol. The van der Waals surface area contributed by atoms with E-state index in [0.717, 1.165) is 10.9 Å². The van der Waals surface area contributed by atoms with E-state index >= 15 is 0 Å². The molecule has 2 fully saturated rings. The molecule has 4 rings (SSSR count). The molecule has 0 radical (unpaired) electrons. The van der Waals surface area contributed by atoms with Crippen molar-refractivity contribution in [1.29, 1.82) is 0 Å². The van der Waals surface area contributed by atoms with E-state index in [9.17, 15) is 4.79 Å². The normalized spacial score (nSPS) is 20.5. The molecule has 23 heavy (non-hydrogen) atoms. The number of aromatic amines is 1. The molecule has 5 nitrogen and oxygen atoms in total. The lowest BCUT2D eigenvalue weighted by Crippen LogP contribution is -2.47.